The van der Waals surface area contributed by atoms with Crippen LogP contribution in [0.1, 0.15) is 44.7 Å². The number of likely N-dealkylation sites (N-methyl/N-ethyl adjacent to an activating group) is 1. The molecule has 1 fully saturated rings. The van der Waals surface area contributed by atoms with Gasteiger partial charge in [0, 0.05) is 32.0 Å². The molecule has 5 nitrogen and oxygen atoms in total. The van der Waals surface area contributed by atoms with Gasteiger partial charge in [-0.25, -0.2) is 15.0 Å². The molecule has 0 amide bonds. The molecule has 1 saturated heterocycles. The Morgan fingerprint density at radius 1 is 1.38 bits per heavy atom. The standard InChI is InChI=1S/C19H27N5/c1-4-5-7-16-8-6-11-24(13-16)19-22-18(12-15(2)23(19)3)17-9-10-20-14-21-17/h9-10,12,14,16H,2,4-8,11,13H2,1,3H3. The summed E-state index contributed by atoms with van der Waals surface area (Å²) in [6.45, 7) is 8.61. The Kier molecular flexibility index (Phi) is 5.28. The van der Waals surface area contributed by atoms with E-state index in [1.807, 2.05) is 19.2 Å². The fourth-order valence-electron chi connectivity index (χ4n) is 3.43. The Hall–Kier alpha value is -2.17. The Bertz CT molecular complexity index is 634. The molecule has 1 aromatic rings. The molecule has 1 unspecified atom stereocenters. The van der Waals surface area contributed by atoms with E-state index in [0.29, 0.717) is 0 Å². The maximum atomic E-state index is 4.90. The quantitative estimate of drug-likeness (QED) is 0.849. The van der Waals surface area contributed by atoms with Crippen molar-refractivity contribution in [3.8, 4) is 0 Å². The van der Waals surface area contributed by atoms with Gasteiger partial charge in [-0.1, -0.05) is 26.3 Å². The summed E-state index contributed by atoms with van der Waals surface area (Å²) in [6.07, 6.45) is 11.8. The highest BCUT2D eigenvalue weighted by Crippen LogP contribution is 2.27. The largest absolute Gasteiger partial charge is 0.342 e. The van der Waals surface area contributed by atoms with E-state index in [2.05, 4.69) is 33.3 Å². The molecule has 3 rings (SSSR count). The fourth-order valence-corrected chi connectivity index (χ4v) is 3.43. The Morgan fingerprint density at radius 3 is 3.00 bits per heavy atom. The molecule has 0 aliphatic carbocycles. The molecule has 1 atom stereocenters. The van der Waals surface area contributed by atoms with E-state index >= 15 is 0 Å². The van der Waals surface area contributed by atoms with Crippen LogP contribution in [0.2, 0.25) is 0 Å². The van der Waals surface area contributed by atoms with Gasteiger partial charge in [-0.05, 0) is 37.3 Å². The Balaban J connectivity index is 1.81. The van der Waals surface area contributed by atoms with Crippen LogP contribution in [0.3, 0.4) is 0 Å². The van der Waals surface area contributed by atoms with Crippen molar-refractivity contribution in [3.05, 3.63) is 42.6 Å². The summed E-state index contributed by atoms with van der Waals surface area (Å²) in [4.78, 5) is 17.7. The molecule has 2 aliphatic rings. The second kappa shape index (κ2) is 7.60. The monoisotopic (exact) mass is 325 g/mol. The van der Waals surface area contributed by atoms with Gasteiger partial charge in [-0.15, -0.1) is 0 Å². The highest BCUT2D eigenvalue weighted by molar-refractivity contribution is 5.90. The first-order valence-electron chi connectivity index (χ1n) is 8.93. The van der Waals surface area contributed by atoms with Gasteiger partial charge in [0.1, 0.15) is 6.33 Å². The number of piperidine rings is 1. The average Bonchev–Trinajstić information content (AvgIpc) is 2.63. The lowest BCUT2D eigenvalue weighted by atomic mass is 9.93. The average molecular weight is 325 g/mol. The molecule has 1 aromatic heterocycles. The molecule has 0 spiro atoms. The summed E-state index contributed by atoms with van der Waals surface area (Å²) in [6, 6.07) is 1.89. The van der Waals surface area contributed by atoms with Crippen LogP contribution in [-0.4, -0.2) is 45.9 Å². The number of hydrogen-bond donors (Lipinski definition) is 0. The predicted molar refractivity (Wildman–Crippen MR) is 98.2 cm³/mol. The van der Waals surface area contributed by atoms with E-state index in [4.69, 9.17) is 4.99 Å². The fraction of sp³-hybridized carbons (Fsp3) is 0.526. The molecule has 0 aromatic carbocycles. The maximum Gasteiger partial charge on any atom is 0.206 e. The first kappa shape index (κ1) is 16.7. The Labute approximate surface area is 144 Å². The van der Waals surface area contributed by atoms with Gasteiger partial charge in [0.05, 0.1) is 11.4 Å². The number of guanidine groups is 1. The van der Waals surface area contributed by atoms with Gasteiger partial charge in [0.15, 0.2) is 0 Å². The minimum Gasteiger partial charge on any atom is -0.342 e. The number of allylic oxidation sites excluding steroid dienone is 1. The summed E-state index contributed by atoms with van der Waals surface area (Å²) in [5.41, 5.74) is 2.66. The van der Waals surface area contributed by atoms with Crippen LogP contribution in [0, 0.1) is 5.92 Å². The van der Waals surface area contributed by atoms with Crippen LogP contribution < -0.4 is 0 Å². The molecule has 2 aliphatic heterocycles. The third-order valence-electron chi connectivity index (χ3n) is 4.87. The Morgan fingerprint density at radius 2 is 2.25 bits per heavy atom. The summed E-state index contributed by atoms with van der Waals surface area (Å²) in [7, 11) is 2.05. The topological polar surface area (TPSA) is 44.6 Å². The zero-order valence-electron chi connectivity index (χ0n) is 14.8. The van der Waals surface area contributed by atoms with Crippen molar-refractivity contribution in [1.29, 1.82) is 0 Å². The number of likely N-dealkylation sites (tertiary alicyclic amines) is 1. The molecule has 0 radical (unpaired) electrons. The third kappa shape index (κ3) is 3.66. The molecular weight excluding hydrogens is 298 g/mol. The normalized spacial score (nSPS) is 21.6. The van der Waals surface area contributed by atoms with Crippen LogP contribution >= 0.6 is 0 Å². The van der Waals surface area contributed by atoms with E-state index < -0.39 is 0 Å². The summed E-state index contributed by atoms with van der Waals surface area (Å²) >= 11 is 0. The van der Waals surface area contributed by atoms with Crippen molar-refractivity contribution in [3.63, 3.8) is 0 Å². The van der Waals surface area contributed by atoms with E-state index in [0.717, 1.165) is 42.1 Å². The molecule has 5 heteroatoms. The van der Waals surface area contributed by atoms with E-state index in [1.165, 1.54) is 32.1 Å². The lowest BCUT2D eigenvalue weighted by molar-refractivity contribution is 0.228. The molecule has 0 bridgehead atoms. The highest BCUT2D eigenvalue weighted by atomic mass is 15.4. The van der Waals surface area contributed by atoms with Gasteiger partial charge in [-0.2, -0.15) is 0 Å². The van der Waals surface area contributed by atoms with Crippen molar-refractivity contribution in [1.82, 2.24) is 19.8 Å². The summed E-state index contributed by atoms with van der Waals surface area (Å²) in [5.74, 6) is 1.77. The summed E-state index contributed by atoms with van der Waals surface area (Å²) < 4.78 is 0. The van der Waals surface area contributed by atoms with Crippen LogP contribution in [0.25, 0.3) is 5.70 Å². The third-order valence-corrected chi connectivity index (χ3v) is 4.87. The van der Waals surface area contributed by atoms with Crippen molar-refractivity contribution in [2.75, 3.05) is 20.1 Å². The second-order valence-electron chi connectivity index (χ2n) is 6.68. The smallest absolute Gasteiger partial charge is 0.206 e. The van der Waals surface area contributed by atoms with Crippen LogP contribution in [0.5, 0.6) is 0 Å². The SMILES string of the molecule is C=C1C=C(c2ccncn2)N=C(N2CCCC(CCCC)C2)N1C. The molecule has 0 N–H and O–H groups in total. The molecule has 0 saturated carbocycles. The number of nitrogens with zero attached hydrogens (tertiary/aromatic N) is 5. The number of hydrogen-bond acceptors (Lipinski definition) is 5. The van der Waals surface area contributed by atoms with Gasteiger partial charge >= 0.3 is 0 Å². The minimum absolute atomic E-state index is 0.775. The van der Waals surface area contributed by atoms with Crippen molar-refractivity contribution in [2.45, 2.75) is 39.0 Å². The minimum atomic E-state index is 0.775. The van der Waals surface area contributed by atoms with Crippen LogP contribution in [0.15, 0.2) is 41.9 Å². The van der Waals surface area contributed by atoms with E-state index in [9.17, 15) is 0 Å². The highest BCUT2D eigenvalue weighted by Gasteiger charge is 2.27. The molecular formula is C19H27N5. The number of rotatable bonds is 4. The van der Waals surface area contributed by atoms with Gasteiger partial charge in [0.2, 0.25) is 5.96 Å². The summed E-state index contributed by atoms with van der Waals surface area (Å²) in [5, 5.41) is 0. The van der Waals surface area contributed by atoms with Crippen molar-refractivity contribution in [2.24, 2.45) is 10.9 Å². The zero-order valence-corrected chi connectivity index (χ0v) is 14.8. The second-order valence-corrected chi connectivity index (χ2v) is 6.68. The molecule has 24 heavy (non-hydrogen) atoms. The molecule has 3 heterocycles. The van der Waals surface area contributed by atoms with Gasteiger partial charge in [0.25, 0.3) is 0 Å². The lowest BCUT2D eigenvalue weighted by Gasteiger charge is -2.39. The van der Waals surface area contributed by atoms with Crippen LogP contribution in [0.4, 0.5) is 0 Å². The number of aromatic nitrogens is 2. The van der Waals surface area contributed by atoms with Crippen molar-refractivity contribution >= 4 is 11.7 Å². The van der Waals surface area contributed by atoms with Crippen LogP contribution in [-0.2, 0) is 0 Å². The number of unbranched alkanes of at least 4 members (excludes halogenated alkanes) is 1. The van der Waals surface area contributed by atoms with Crippen molar-refractivity contribution < 1.29 is 0 Å². The number of aliphatic imine (C=N–C) groups is 1. The molecule has 128 valence electrons. The lowest BCUT2D eigenvalue weighted by Crippen LogP contribution is -2.47. The first-order chi connectivity index (χ1) is 11.7. The van der Waals surface area contributed by atoms with Gasteiger partial charge < -0.3 is 9.80 Å². The first-order valence-corrected chi connectivity index (χ1v) is 8.93. The zero-order chi connectivity index (χ0) is 16.9. The maximum absolute atomic E-state index is 4.90. The van der Waals surface area contributed by atoms with E-state index in [1.54, 1.807) is 12.5 Å². The van der Waals surface area contributed by atoms with Gasteiger partial charge in [-0.3, -0.25) is 0 Å². The van der Waals surface area contributed by atoms with E-state index in [-0.39, 0.29) is 0 Å². The predicted octanol–water partition coefficient (Wildman–Crippen LogP) is 3.53.